The standard InChI is InChI=1S/C18H19N3O6S/c1-12-4-6-13(7-5-12)19-16(23)10-28-11-17(24)27-9-15(22)20-21-18(25)14-3-2-8-26-14/h2-8H,9-11H2,1H3,(H,19,23)(H,20,22)(H,21,25). The van der Waals surface area contributed by atoms with Crippen molar-refractivity contribution in [2.24, 2.45) is 0 Å². The first-order valence-electron chi connectivity index (χ1n) is 8.16. The number of nitrogens with one attached hydrogen (secondary N) is 3. The number of ether oxygens (including phenoxy) is 1. The van der Waals surface area contributed by atoms with E-state index in [9.17, 15) is 19.2 Å². The van der Waals surface area contributed by atoms with E-state index in [0.717, 1.165) is 17.3 Å². The van der Waals surface area contributed by atoms with Gasteiger partial charge >= 0.3 is 11.9 Å². The van der Waals surface area contributed by atoms with Gasteiger partial charge in [-0.2, -0.15) is 0 Å². The van der Waals surface area contributed by atoms with Crippen molar-refractivity contribution in [3.63, 3.8) is 0 Å². The minimum atomic E-state index is -0.713. The third-order valence-corrected chi connectivity index (χ3v) is 4.12. The molecule has 148 valence electrons. The molecule has 0 unspecified atom stereocenters. The average Bonchev–Trinajstić information content (AvgIpc) is 3.21. The molecule has 0 aliphatic heterocycles. The van der Waals surface area contributed by atoms with Crippen molar-refractivity contribution in [3.05, 3.63) is 54.0 Å². The van der Waals surface area contributed by atoms with Crippen LogP contribution in [0.2, 0.25) is 0 Å². The van der Waals surface area contributed by atoms with Crippen LogP contribution < -0.4 is 16.2 Å². The molecule has 0 aliphatic carbocycles. The lowest BCUT2D eigenvalue weighted by Gasteiger charge is -2.07. The molecule has 2 aromatic rings. The van der Waals surface area contributed by atoms with Crippen LogP contribution in [0.25, 0.3) is 0 Å². The zero-order valence-electron chi connectivity index (χ0n) is 15.0. The second kappa shape index (κ2) is 10.8. The Kier molecular flexibility index (Phi) is 8.10. The average molecular weight is 405 g/mol. The molecule has 0 saturated heterocycles. The van der Waals surface area contributed by atoms with Gasteiger partial charge in [-0.25, -0.2) is 0 Å². The summed E-state index contributed by atoms with van der Waals surface area (Å²) in [4.78, 5) is 46.4. The van der Waals surface area contributed by atoms with Gasteiger partial charge in [-0.1, -0.05) is 17.7 Å². The van der Waals surface area contributed by atoms with E-state index in [1.54, 1.807) is 12.1 Å². The Hall–Kier alpha value is -3.27. The zero-order chi connectivity index (χ0) is 20.4. The molecule has 3 N–H and O–H groups in total. The van der Waals surface area contributed by atoms with Crippen LogP contribution >= 0.6 is 11.8 Å². The summed E-state index contributed by atoms with van der Waals surface area (Å²) in [5.74, 6) is -2.25. The van der Waals surface area contributed by atoms with E-state index < -0.39 is 24.4 Å². The highest BCUT2D eigenvalue weighted by Gasteiger charge is 2.12. The van der Waals surface area contributed by atoms with Crippen LogP contribution in [0.15, 0.2) is 47.1 Å². The maximum atomic E-state index is 11.8. The summed E-state index contributed by atoms with van der Waals surface area (Å²) in [5.41, 5.74) is 5.95. The number of hydrogen-bond acceptors (Lipinski definition) is 7. The molecule has 0 spiro atoms. The number of aryl methyl sites for hydroxylation is 1. The molecule has 10 heteroatoms. The van der Waals surface area contributed by atoms with Gasteiger partial charge in [0.2, 0.25) is 5.91 Å². The fraction of sp³-hybridized carbons (Fsp3) is 0.222. The number of carbonyl (C=O) groups is 4. The molecule has 28 heavy (non-hydrogen) atoms. The Morgan fingerprint density at radius 2 is 1.75 bits per heavy atom. The van der Waals surface area contributed by atoms with Crippen molar-refractivity contribution in [3.8, 4) is 0 Å². The third-order valence-electron chi connectivity index (χ3n) is 3.21. The van der Waals surface area contributed by atoms with E-state index in [1.807, 2.05) is 19.1 Å². The van der Waals surface area contributed by atoms with Crippen LogP contribution in [0, 0.1) is 6.92 Å². The van der Waals surface area contributed by atoms with Crippen LogP contribution in [-0.4, -0.2) is 41.8 Å². The van der Waals surface area contributed by atoms with Gasteiger partial charge in [0.1, 0.15) is 0 Å². The van der Waals surface area contributed by atoms with Crippen molar-refractivity contribution in [1.82, 2.24) is 10.9 Å². The van der Waals surface area contributed by atoms with Crippen molar-refractivity contribution in [2.75, 3.05) is 23.4 Å². The van der Waals surface area contributed by atoms with Gasteiger partial charge in [0.25, 0.3) is 5.91 Å². The number of furan rings is 1. The number of carbonyl (C=O) groups excluding carboxylic acids is 4. The molecule has 1 aromatic carbocycles. The highest BCUT2D eigenvalue weighted by atomic mass is 32.2. The summed E-state index contributed by atoms with van der Waals surface area (Å²) in [7, 11) is 0. The van der Waals surface area contributed by atoms with E-state index in [4.69, 9.17) is 9.15 Å². The minimum absolute atomic E-state index is 0.0256. The maximum absolute atomic E-state index is 11.8. The predicted molar refractivity (Wildman–Crippen MR) is 102 cm³/mol. The van der Waals surface area contributed by atoms with Crippen molar-refractivity contribution in [2.45, 2.75) is 6.92 Å². The fourth-order valence-electron chi connectivity index (χ4n) is 1.88. The van der Waals surface area contributed by atoms with E-state index in [0.29, 0.717) is 5.69 Å². The van der Waals surface area contributed by atoms with Crippen LogP contribution in [0.4, 0.5) is 5.69 Å². The molecule has 0 aliphatic rings. The van der Waals surface area contributed by atoms with E-state index in [2.05, 4.69) is 16.2 Å². The van der Waals surface area contributed by atoms with Crippen LogP contribution in [0.5, 0.6) is 0 Å². The summed E-state index contributed by atoms with van der Waals surface area (Å²) >= 11 is 1.06. The summed E-state index contributed by atoms with van der Waals surface area (Å²) in [6, 6.07) is 10.3. The van der Waals surface area contributed by atoms with Crippen LogP contribution in [0.3, 0.4) is 0 Å². The molecule has 2 rings (SSSR count). The zero-order valence-corrected chi connectivity index (χ0v) is 15.8. The lowest BCUT2D eigenvalue weighted by atomic mass is 10.2. The van der Waals surface area contributed by atoms with E-state index in [-0.39, 0.29) is 23.2 Å². The number of benzene rings is 1. The number of amides is 3. The number of anilines is 1. The highest BCUT2D eigenvalue weighted by Crippen LogP contribution is 2.10. The molecule has 3 amide bonds. The van der Waals surface area contributed by atoms with Gasteiger partial charge in [-0.3, -0.25) is 30.0 Å². The van der Waals surface area contributed by atoms with Crippen molar-refractivity contribution < 1.29 is 28.3 Å². The predicted octanol–water partition coefficient (Wildman–Crippen LogP) is 1.26. The lowest BCUT2D eigenvalue weighted by Crippen LogP contribution is -2.43. The summed E-state index contributed by atoms with van der Waals surface area (Å²) in [6.07, 6.45) is 1.32. The Labute approximate surface area is 165 Å². The molecule has 1 aromatic heterocycles. The normalized spacial score (nSPS) is 10.0. The van der Waals surface area contributed by atoms with Gasteiger partial charge in [0.15, 0.2) is 12.4 Å². The van der Waals surface area contributed by atoms with Gasteiger partial charge in [0.05, 0.1) is 17.8 Å². The minimum Gasteiger partial charge on any atom is -0.459 e. The molecule has 0 bridgehead atoms. The molecule has 9 nitrogen and oxygen atoms in total. The molecule has 1 heterocycles. The quantitative estimate of drug-likeness (QED) is 0.446. The molecule has 0 atom stereocenters. The topological polar surface area (TPSA) is 127 Å². The van der Waals surface area contributed by atoms with Gasteiger partial charge < -0.3 is 14.5 Å². The number of hydrazine groups is 1. The van der Waals surface area contributed by atoms with Crippen molar-refractivity contribution >= 4 is 41.1 Å². The Bertz CT molecular complexity index is 820. The first-order chi connectivity index (χ1) is 13.4. The monoisotopic (exact) mass is 405 g/mol. The molecule has 0 saturated carbocycles. The third kappa shape index (κ3) is 7.54. The second-order valence-electron chi connectivity index (χ2n) is 5.55. The first kappa shape index (κ1) is 21.0. The largest absolute Gasteiger partial charge is 0.459 e. The number of rotatable bonds is 8. The Balaban J connectivity index is 1.56. The summed E-state index contributed by atoms with van der Waals surface area (Å²) in [5, 5.41) is 2.71. The maximum Gasteiger partial charge on any atom is 0.316 e. The van der Waals surface area contributed by atoms with Gasteiger partial charge in [0, 0.05) is 5.69 Å². The smallest absolute Gasteiger partial charge is 0.316 e. The van der Waals surface area contributed by atoms with E-state index >= 15 is 0 Å². The summed E-state index contributed by atoms with van der Waals surface area (Å²) in [6.45, 7) is 1.38. The second-order valence-corrected chi connectivity index (χ2v) is 6.53. The molecular formula is C18H19N3O6S. The molecular weight excluding hydrogens is 386 g/mol. The fourth-order valence-corrected chi connectivity index (χ4v) is 2.49. The lowest BCUT2D eigenvalue weighted by molar-refractivity contribution is -0.146. The molecule has 0 fully saturated rings. The first-order valence-corrected chi connectivity index (χ1v) is 9.32. The molecule has 0 radical (unpaired) electrons. The van der Waals surface area contributed by atoms with E-state index in [1.165, 1.54) is 18.4 Å². The van der Waals surface area contributed by atoms with Gasteiger partial charge in [-0.05, 0) is 31.2 Å². The summed E-state index contributed by atoms with van der Waals surface area (Å²) < 4.78 is 9.61. The van der Waals surface area contributed by atoms with Gasteiger partial charge in [-0.15, -0.1) is 11.8 Å². The van der Waals surface area contributed by atoms with Crippen LogP contribution in [-0.2, 0) is 19.1 Å². The van der Waals surface area contributed by atoms with Crippen molar-refractivity contribution in [1.29, 1.82) is 0 Å². The van der Waals surface area contributed by atoms with Crippen LogP contribution in [0.1, 0.15) is 16.1 Å². The highest BCUT2D eigenvalue weighted by molar-refractivity contribution is 8.00. The number of hydrogen-bond donors (Lipinski definition) is 3. The Morgan fingerprint density at radius 1 is 1.00 bits per heavy atom. The number of esters is 1. The Morgan fingerprint density at radius 3 is 2.43 bits per heavy atom. The number of thioether (sulfide) groups is 1. The SMILES string of the molecule is Cc1ccc(NC(=O)CSCC(=O)OCC(=O)NNC(=O)c2ccco2)cc1.